The highest BCUT2D eigenvalue weighted by molar-refractivity contribution is 7.90. The van der Waals surface area contributed by atoms with Crippen LogP contribution in [-0.4, -0.2) is 33.3 Å². The molecule has 0 saturated carbocycles. The van der Waals surface area contributed by atoms with Crippen LogP contribution >= 0.6 is 0 Å². The summed E-state index contributed by atoms with van der Waals surface area (Å²) >= 11 is 0. The first kappa shape index (κ1) is 11.4. The Kier molecular flexibility index (Phi) is 4.19. The minimum atomic E-state index is -3.35. The van der Waals surface area contributed by atoms with Crippen LogP contribution in [0.4, 0.5) is 0 Å². The predicted octanol–water partition coefficient (Wildman–Crippen LogP) is -0.513. The third kappa shape index (κ3) is 3.68. The van der Waals surface area contributed by atoms with Crippen molar-refractivity contribution in [3.05, 3.63) is 0 Å². The molecule has 0 amide bonds. The molecule has 0 atom stereocenters. The maximum atomic E-state index is 11.0. The lowest BCUT2D eigenvalue weighted by Gasteiger charge is -2.07. The second-order valence-electron chi connectivity index (χ2n) is 2.49. The summed E-state index contributed by atoms with van der Waals surface area (Å²) in [5, 5.41) is -0.540. The van der Waals surface area contributed by atoms with Gasteiger partial charge < -0.3 is 4.74 Å². The number of carbonyl (C=O) groups is 1. The molecule has 6 heteroatoms. The van der Waals surface area contributed by atoms with Crippen molar-refractivity contribution in [1.29, 1.82) is 0 Å². The van der Waals surface area contributed by atoms with Gasteiger partial charge in [0.1, 0.15) is 6.54 Å². The van der Waals surface area contributed by atoms with Gasteiger partial charge in [0.25, 0.3) is 0 Å². The molecule has 1 N–H and O–H groups in total. The van der Waals surface area contributed by atoms with E-state index in [1.165, 1.54) is 21.0 Å². The quantitative estimate of drug-likeness (QED) is 0.613. The van der Waals surface area contributed by atoms with E-state index in [4.69, 9.17) is 0 Å². The molecule has 0 aliphatic carbocycles. The Morgan fingerprint density at radius 1 is 1.50 bits per heavy atom. The average molecular weight is 195 g/mol. The molecule has 0 heterocycles. The Morgan fingerprint density at radius 3 is 2.33 bits per heavy atom. The zero-order valence-corrected chi connectivity index (χ0v) is 8.14. The van der Waals surface area contributed by atoms with E-state index in [0.29, 0.717) is 0 Å². The standard InChI is InChI=1S/C6H13NO4S/c1-5(2)12(9,10)7-4-6(8)11-3/h5,7H,4H2,1-3H3. The fraction of sp³-hybridized carbons (Fsp3) is 0.833. The third-order valence-corrected chi connectivity index (χ3v) is 3.05. The number of esters is 1. The molecule has 0 radical (unpaired) electrons. The van der Waals surface area contributed by atoms with Crippen molar-refractivity contribution < 1.29 is 17.9 Å². The van der Waals surface area contributed by atoms with Crippen LogP contribution in [0, 0.1) is 0 Å². The lowest BCUT2D eigenvalue weighted by atomic mass is 10.6. The molecule has 0 fully saturated rings. The third-order valence-electron chi connectivity index (χ3n) is 1.27. The Balaban J connectivity index is 4.02. The normalized spacial score (nSPS) is 11.7. The van der Waals surface area contributed by atoms with Crippen LogP contribution in [0.3, 0.4) is 0 Å². The number of sulfonamides is 1. The lowest BCUT2D eigenvalue weighted by Crippen LogP contribution is -2.35. The Morgan fingerprint density at radius 2 is 2.00 bits per heavy atom. The Labute approximate surface area is 72.1 Å². The van der Waals surface area contributed by atoms with Gasteiger partial charge in [0.2, 0.25) is 10.0 Å². The maximum Gasteiger partial charge on any atom is 0.320 e. The monoisotopic (exact) mass is 195 g/mol. The highest BCUT2D eigenvalue weighted by Gasteiger charge is 2.16. The lowest BCUT2D eigenvalue weighted by molar-refractivity contribution is -0.139. The molecule has 5 nitrogen and oxygen atoms in total. The molecule has 0 aromatic rings. The van der Waals surface area contributed by atoms with Crippen molar-refractivity contribution in [3.63, 3.8) is 0 Å². The van der Waals surface area contributed by atoms with Gasteiger partial charge in [0.15, 0.2) is 0 Å². The number of hydrogen-bond acceptors (Lipinski definition) is 4. The average Bonchev–Trinajstić information content (AvgIpc) is 2.00. The highest BCUT2D eigenvalue weighted by Crippen LogP contribution is 1.94. The minimum absolute atomic E-state index is 0.309. The summed E-state index contributed by atoms with van der Waals surface area (Å²) in [5.74, 6) is -0.598. The van der Waals surface area contributed by atoms with Crippen molar-refractivity contribution in [1.82, 2.24) is 4.72 Å². The van der Waals surface area contributed by atoms with Crippen LogP contribution in [0.15, 0.2) is 0 Å². The summed E-state index contributed by atoms with van der Waals surface area (Å²) in [6.45, 7) is 2.75. The highest BCUT2D eigenvalue weighted by atomic mass is 32.2. The van der Waals surface area contributed by atoms with Crippen molar-refractivity contribution >= 4 is 16.0 Å². The fourth-order valence-corrected chi connectivity index (χ4v) is 1.05. The number of methoxy groups -OCH3 is 1. The molecule has 0 aromatic heterocycles. The van der Waals surface area contributed by atoms with Gasteiger partial charge in [-0.2, -0.15) is 0 Å². The molecule has 72 valence electrons. The van der Waals surface area contributed by atoms with Crippen LogP contribution < -0.4 is 4.72 Å². The van der Waals surface area contributed by atoms with Crippen molar-refractivity contribution in [2.24, 2.45) is 0 Å². The fourth-order valence-electron chi connectivity index (χ4n) is 0.398. The largest absolute Gasteiger partial charge is 0.468 e. The van der Waals surface area contributed by atoms with Gasteiger partial charge >= 0.3 is 5.97 Å². The van der Waals surface area contributed by atoms with E-state index in [1.54, 1.807) is 0 Å². The number of nitrogens with one attached hydrogen (secondary N) is 1. The first-order valence-electron chi connectivity index (χ1n) is 3.45. The van der Waals surface area contributed by atoms with Crippen LogP contribution in [0.2, 0.25) is 0 Å². The van der Waals surface area contributed by atoms with Crippen molar-refractivity contribution in [2.45, 2.75) is 19.1 Å². The first-order valence-corrected chi connectivity index (χ1v) is 5.00. The summed E-state index contributed by atoms with van der Waals surface area (Å²) in [6.07, 6.45) is 0. The summed E-state index contributed by atoms with van der Waals surface area (Å²) in [5.41, 5.74) is 0. The maximum absolute atomic E-state index is 11.0. The molecule has 0 spiro atoms. The number of rotatable bonds is 4. The molecular formula is C6H13NO4S. The zero-order valence-electron chi connectivity index (χ0n) is 7.33. The van der Waals surface area contributed by atoms with Gasteiger partial charge in [0, 0.05) is 0 Å². The molecule has 0 bridgehead atoms. The molecule has 0 aliphatic heterocycles. The number of carbonyl (C=O) groups excluding carboxylic acids is 1. The summed E-state index contributed by atoms with van der Waals surface area (Å²) in [4.78, 5) is 10.5. The summed E-state index contributed by atoms with van der Waals surface area (Å²) in [6, 6.07) is 0. The molecule has 12 heavy (non-hydrogen) atoms. The van der Waals surface area contributed by atoms with Gasteiger partial charge in [-0.1, -0.05) is 0 Å². The van der Waals surface area contributed by atoms with Crippen molar-refractivity contribution in [2.75, 3.05) is 13.7 Å². The van der Waals surface area contributed by atoms with Gasteiger partial charge in [0.05, 0.1) is 12.4 Å². The minimum Gasteiger partial charge on any atom is -0.468 e. The molecule has 0 aliphatic rings. The van der Waals surface area contributed by atoms with E-state index < -0.39 is 21.2 Å². The van der Waals surface area contributed by atoms with Crippen LogP contribution in [0.1, 0.15) is 13.8 Å². The molecular weight excluding hydrogens is 182 g/mol. The van der Waals surface area contributed by atoms with E-state index in [-0.39, 0.29) is 6.54 Å². The van der Waals surface area contributed by atoms with Gasteiger partial charge in [-0.15, -0.1) is 0 Å². The topological polar surface area (TPSA) is 72.5 Å². The second kappa shape index (κ2) is 4.42. The smallest absolute Gasteiger partial charge is 0.320 e. The van der Waals surface area contributed by atoms with E-state index in [9.17, 15) is 13.2 Å². The van der Waals surface area contributed by atoms with E-state index >= 15 is 0 Å². The van der Waals surface area contributed by atoms with Gasteiger partial charge in [-0.05, 0) is 13.8 Å². The molecule has 0 aromatic carbocycles. The van der Waals surface area contributed by atoms with Crippen LogP contribution in [-0.2, 0) is 19.6 Å². The van der Waals surface area contributed by atoms with Gasteiger partial charge in [-0.25, -0.2) is 13.1 Å². The Bertz CT molecular complexity index is 244. The summed E-state index contributed by atoms with van der Waals surface area (Å²) in [7, 11) is -2.15. The van der Waals surface area contributed by atoms with E-state index in [0.717, 1.165) is 0 Å². The van der Waals surface area contributed by atoms with Crippen molar-refractivity contribution in [3.8, 4) is 0 Å². The van der Waals surface area contributed by atoms with Crippen LogP contribution in [0.25, 0.3) is 0 Å². The second-order valence-corrected chi connectivity index (χ2v) is 4.81. The van der Waals surface area contributed by atoms with Gasteiger partial charge in [-0.3, -0.25) is 4.79 Å². The Hall–Kier alpha value is -0.620. The van der Waals surface area contributed by atoms with Crippen LogP contribution in [0.5, 0.6) is 0 Å². The number of ether oxygens (including phenoxy) is 1. The first-order chi connectivity index (χ1) is 5.40. The van der Waals surface area contributed by atoms with E-state index in [2.05, 4.69) is 9.46 Å². The predicted molar refractivity (Wildman–Crippen MR) is 44.1 cm³/mol. The SMILES string of the molecule is COC(=O)CNS(=O)(=O)C(C)C. The number of hydrogen-bond donors (Lipinski definition) is 1. The molecule has 0 unspecified atom stereocenters. The zero-order chi connectivity index (χ0) is 9.78. The molecule has 0 saturated heterocycles. The summed E-state index contributed by atoms with van der Waals surface area (Å²) < 4.78 is 28.4. The van der Waals surface area contributed by atoms with E-state index in [1.807, 2.05) is 0 Å². The molecule has 0 rings (SSSR count).